The van der Waals surface area contributed by atoms with Crippen LogP contribution >= 0.6 is 0 Å². The van der Waals surface area contributed by atoms with Gasteiger partial charge in [0, 0.05) is 12.3 Å². The topological polar surface area (TPSA) is 94.9 Å². The van der Waals surface area contributed by atoms with Crippen LogP contribution in [0.3, 0.4) is 0 Å². The predicted octanol–water partition coefficient (Wildman–Crippen LogP) is 2.66. The van der Waals surface area contributed by atoms with Gasteiger partial charge in [-0.15, -0.1) is 0 Å². The second kappa shape index (κ2) is 6.99. The maximum atomic E-state index is 12.4. The van der Waals surface area contributed by atoms with Gasteiger partial charge in [-0.3, -0.25) is 9.89 Å². The van der Waals surface area contributed by atoms with Crippen LogP contribution in [0.15, 0.2) is 59.1 Å². The summed E-state index contributed by atoms with van der Waals surface area (Å²) in [7, 11) is 0. The Bertz CT molecular complexity index is 1080. The molecule has 2 aromatic heterocycles. The summed E-state index contributed by atoms with van der Waals surface area (Å²) < 4.78 is 17.5. The Kier molecular flexibility index (Phi) is 4.37. The van der Waals surface area contributed by atoms with E-state index < -0.39 is 5.97 Å². The van der Waals surface area contributed by atoms with E-state index in [0.717, 1.165) is 18.4 Å². The molecule has 1 N–H and O–H groups in total. The van der Waals surface area contributed by atoms with Gasteiger partial charge in [0.15, 0.2) is 17.2 Å². The van der Waals surface area contributed by atoms with Crippen molar-refractivity contribution < 1.29 is 19.0 Å². The highest BCUT2D eigenvalue weighted by atomic mass is 16.5. The number of carbonyl (C=O) groups excluding carboxylic acids is 1. The highest BCUT2D eigenvalue weighted by molar-refractivity contribution is 5.95. The van der Waals surface area contributed by atoms with E-state index in [1.165, 1.54) is 29.3 Å². The minimum absolute atomic E-state index is 0.163. The SMILES string of the molecule is CCOC(=O)c1c[nH]n2c(=O)cc(C3=COC=C(C4=CC=CCC4)O3)nc12. The first-order valence-electron chi connectivity index (χ1n) is 8.56. The smallest absolute Gasteiger partial charge is 0.343 e. The summed E-state index contributed by atoms with van der Waals surface area (Å²) in [6.07, 6.45) is 12.0. The average Bonchev–Trinajstić information content (AvgIpc) is 3.14. The van der Waals surface area contributed by atoms with Crippen molar-refractivity contribution in [3.8, 4) is 0 Å². The lowest BCUT2D eigenvalue weighted by molar-refractivity contribution is 0.0528. The Morgan fingerprint density at radius 1 is 1.37 bits per heavy atom. The molecule has 0 saturated heterocycles. The number of hydrogen-bond donors (Lipinski definition) is 1. The van der Waals surface area contributed by atoms with Crippen molar-refractivity contribution >= 4 is 17.4 Å². The summed E-state index contributed by atoms with van der Waals surface area (Å²) in [5.41, 5.74) is 1.21. The second-order valence-electron chi connectivity index (χ2n) is 5.91. The molecule has 2 aliphatic rings. The van der Waals surface area contributed by atoms with Crippen LogP contribution in [0.1, 0.15) is 35.8 Å². The highest BCUT2D eigenvalue weighted by Crippen LogP contribution is 2.29. The number of aromatic amines is 1. The van der Waals surface area contributed by atoms with Crippen molar-refractivity contribution in [2.45, 2.75) is 19.8 Å². The normalized spacial score (nSPS) is 16.1. The number of hydrogen-bond acceptors (Lipinski definition) is 6. The number of ether oxygens (including phenoxy) is 3. The van der Waals surface area contributed by atoms with E-state index >= 15 is 0 Å². The third-order valence-corrected chi connectivity index (χ3v) is 4.15. The number of carbonyl (C=O) groups is 1. The number of nitrogens with zero attached hydrogens (tertiary/aromatic N) is 2. The number of rotatable bonds is 4. The minimum Gasteiger partial charge on any atom is -0.465 e. The van der Waals surface area contributed by atoms with Gasteiger partial charge in [-0.05, 0) is 25.3 Å². The number of esters is 1. The van der Waals surface area contributed by atoms with Crippen LogP contribution in [-0.4, -0.2) is 27.2 Å². The summed E-state index contributed by atoms with van der Waals surface area (Å²) in [6, 6.07) is 1.31. The van der Waals surface area contributed by atoms with Gasteiger partial charge in [-0.1, -0.05) is 18.2 Å². The first-order chi connectivity index (χ1) is 13.2. The van der Waals surface area contributed by atoms with Crippen molar-refractivity contribution in [3.05, 3.63) is 76.0 Å². The molecule has 0 spiro atoms. The molecule has 1 aliphatic heterocycles. The van der Waals surface area contributed by atoms with Gasteiger partial charge < -0.3 is 14.2 Å². The van der Waals surface area contributed by atoms with Crippen LogP contribution < -0.4 is 5.56 Å². The molecule has 27 heavy (non-hydrogen) atoms. The number of allylic oxidation sites excluding steroid dienone is 4. The summed E-state index contributed by atoms with van der Waals surface area (Å²) in [6.45, 7) is 1.93. The van der Waals surface area contributed by atoms with E-state index in [4.69, 9.17) is 14.2 Å². The zero-order chi connectivity index (χ0) is 18.8. The third-order valence-electron chi connectivity index (χ3n) is 4.15. The fourth-order valence-corrected chi connectivity index (χ4v) is 2.85. The monoisotopic (exact) mass is 367 g/mol. The van der Waals surface area contributed by atoms with Crippen molar-refractivity contribution in [2.24, 2.45) is 0 Å². The molecule has 0 saturated carbocycles. The third kappa shape index (κ3) is 3.17. The Morgan fingerprint density at radius 2 is 2.22 bits per heavy atom. The molecule has 0 unspecified atom stereocenters. The molecule has 1 aliphatic carbocycles. The number of H-pyrrole nitrogens is 1. The zero-order valence-electron chi connectivity index (χ0n) is 14.6. The van der Waals surface area contributed by atoms with E-state index in [-0.39, 0.29) is 29.1 Å². The van der Waals surface area contributed by atoms with Crippen LogP contribution in [-0.2, 0) is 14.2 Å². The first kappa shape index (κ1) is 16.9. The molecule has 0 bridgehead atoms. The van der Waals surface area contributed by atoms with Gasteiger partial charge in [-0.2, -0.15) is 0 Å². The quantitative estimate of drug-likeness (QED) is 0.835. The predicted molar refractivity (Wildman–Crippen MR) is 96.5 cm³/mol. The highest BCUT2D eigenvalue weighted by Gasteiger charge is 2.21. The van der Waals surface area contributed by atoms with Crippen molar-refractivity contribution in [3.63, 3.8) is 0 Å². The summed E-state index contributed by atoms with van der Waals surface area (Å²) in [5, 5.41) is 2.71. The Labute approximate surface area is 154 Å². The molecular formula is C19H17N3O5. The standard InChI is InChI=1S/C19H17N3O5/c1-2-26-19(24)13-9-20-22-17(23)8-14(21-18(13)22)16-11-25-10-15(27-16)12-6-4-3-5-7-12/h3-4,6,8-11,20H,2,5,7H2,1H3. The molecule has 0 radical (unpaired) electrons. The zero-order valence-corrected chi connectivity index (χ0v) is 14.6. The summed E-state index contributed by atoms with van der Waals surface area (Å²) >= 11 is 0. The van der Waals surface area contributed by atoms with Crippen molar-refractivity contribution in [2.75, 3.05) is 6.61 Å². The Morgan fingerprint density at radius 3 is 3.00 bits per heavy atom. The summed E-state index contributed by atoms with van der Waals surface area (Å²) in [5.74, 6) is 0.298. The fourth-order valence-electron chi connectivity index (χ4n) is 2.85. The molecule has 138 valence electrons. The second-order valence-corrected chi connectivity index (χ2v) is 5.91. The molecule has 0 atom stereocenters. The van der Waals surface area contributed by atoms with E-state index in [1.54, 1.807) is 6.92 Å². The lowest BCUT2D eigenvalue weighted by Crippen LogP contribution is -2.17. The molecule has 4 rings (SSSR count). The molecule has 0 amide bonds. The molecule has 3 heterocycles. The molecule has 2 aromatic rings. The summed E-state index contributed by atoms with van der Waals surface area (Å²) in [4.78, 5) is 28.9. The molecule has 0 fully saturated rings. The Balaban J connectivity index is 1.69. The molecule has 0 aromatic carbocycles. The number of nitrogens with one attached hydrogen (secondary N) is 1. The molecule has 8 heteroatoms. The fraction of sp³-hybridized carbons (Fsp3) is 0.211. The average molecular weight is 367 g/mol. The van der Waals surface area contributed by atoms with Gasteiger partial charge >= 0.3 is 5.97 Å². The van der Waals surface area contributed by atoms with E-state index in [2.05, 4.69) is 16.2 Å². The van der Waals surface area contributed by atoms with Crippen LogP contribution in [0.25, 0.3) is 11.4 Å². The maximum absolute atomic E-state index is 12.4. The van der Waals surface area contributed by atoms with Crippen LogP contribution in [0, 0.1) is 0 Å². The van der Waals surface area contributed by atoms with Gasteiger partial charge in [0.25, 0.3) is 5.56 Å². The van der Waals surface area contributed by atoms with Crippen LogP contribution in [0.5, 0.6) is 0 Å². The van der Waals surface area contributed by atoms with Gasteiger partial charge in [-0.25, -0.2) is 14.3 Å². The minimum atomic E-state index is -0.560. The number of aromatic nitrogens is 3. The largest absolute Gasteiger partial charge is 0.465 e. The van der Waals surface area contributed by atoms with Gasteiger partial charge in [0.2, 0.25) is 0 Å². The van der Waals surface area contributed by atoms with E-state index in [1.807, 2.05) is 12.2 Å². The van der Waals surface area contributed by atoms with E-state index in [0.29, 0.717) is 11.5 Å². The van der Waals surface area contributed by atoms with Crippen LogP contribution in [0.2, 0.25) is 0 Å². The van der Waals surface area contributed by atoms with E-state index in [9.17, 15) is 9.59 Å². The number of fused-ring (bicyclic) bond motifs is 1. The molecule has 8 nitrogen and oxygen atoms in total. The Hall–Kier alpha value is -3.55. The lowest BCUT2D eigenvalue weighted by Gasteiger charge is -2.19. The van der Waals surface area contributed by atoms with Crippen molar-refractivity contribution in [1.82, 2.24) is 14.6 Å². The van der Waals surface area contributed by atoms with Gasteiger partial charge in [0.05, 0.1) is 6.61 Å². The maximum Gasteiger partial charge on any atom is 0.343 e. The van der Waals surface area contributed by atoms with Crippen LogP contribution in [0.4, 0.5) is 0 Å². The van der Waals surface area contributed by atoms with Gasteiger partial charge in [0.1, 0.15) is 23.8 Å². The lowest BCUT2D eigenvalue weighted by atomic mass is 10.0. The van der Waals surface area contributed by atoms with Crippen molar-refractivity contribution in [1.29, 1.82) is 0 Å². The molecular weight excluding hydrogens is 350 g/mol. The first-order valence-corrected chi connectivity index (χ1v) is 8.56.